The van der Waals surface area contributed by atoms with Crippen molar-refractivity contribution >= 4 is 28.6 Å². The third-order valence-electron chi connectivity index (χ3n) is 9.63. The Morgan fingerprint density at radius 1 is 0.930 bits per heavy atom. The summed E-state index contributed by atoms with van der Waals surface area (Å²) >= 11 is 0. The lowest BCUT2D eigenvalue weighted by Gasteiger charge is -2.29. The molecule has 0 spiro atoms. The number of hydrogen-bond donors (Lipinski definition) is 1. The lowest BCUT2D eigenvalue weighted by molar-refractivity contribution is -0.136. The van der Waals surface area contributed by atoms with Crippen molar-refractivity contribution in [3.05, 3.63) is 70.9 Å². The molecule has 1 N–H and O–H groups in total. The van der Waals surface area contributed by atoms with Gasteiger partial charge in [-0.1, -0.05) is 12.1 Å². The van der Waals surface area contributed by atoms with Crippen LogP contribution in [-0.2, 0) is 27.4 Å². The minimum Gasteiger partial charge on any atom is -0.489 e. The van der Waals surface area contributed by atoms with Crippen molar-refractivity contribution < 1.29 is 23.9 Å². The highest BCUT2D eigenvalue weighted by atomic mass is 16.5. The molecule has 4 heterocycles. The molecule has 3 aliphatic heterocycles. The molecule has 1 aromatic heterocycles. The van der Waals surface area contributed by atoms with E-state index >= 15 is 0 Å². The number of amides is 3. The van der Waals surface area contributed by atoms with E-state index in [0.29, 0.717) is 30.6 Å². The zero-order valence-corrected chi connectivity index (χ0v) is 24.6. The smallest absolute Gasteiger partial charge is 0.255 e. The SMILES string of the molecule is CO[C@H]1CC[C@H](c2ccc3cc(CN4CC[C@H](Oc5ccc6c(c5)CN(C5CCC(=O)NC5=O)C6=O)C4)ccc3n2)CC1. The van der Waals surface area contributed by atoms with Crippen molar-refractivity contribution in [3.63, 3.8) is 0 Å². The van der Waals surface area contributed by atoms with Crippen LogP contribution in [0.25, 0.3) is 10.9 Å². The Hall–Kier alpha value is -3.82. The van der Waals surface area contributed by atoms with E-state index in [2.05, 4.69) is 40.5 Å². The average Bonchev–Trinajstić information content (AvgIpc) is 3.59. The number of nitrogens with one attached hydrogen (secondary N) is 1. The Morgan fingerprint density at radius 3 is 2.60 bits per heavy atom. The van der Waals surface area contributed by atoms with Crippen LogP contribution in [0.4, 0.5) is 0 Å². The fourth-order valence-corrected chi connectivity index (χ4v) is 7.22. The first kappa shape index (κ1) is 28.0. The fraction of sp³-hybridized carbons (Fsp3) is 0.471. The third-order valence-corrected chi connectivity index (χ3v) is 9.63. The second-order valence-corrected chi connectivity index (χ2v) is 12.5. The van der Waals surface area contributed by atoms with Crippen molar-refractivity contribution in [1.82, 2.24) is 20.1 Å². The number of methoxy groups -OCH3 is 1. The van der Waals surface area contributed by atoms with Gasteiger partial charge < -0.3 is 14.4 Å². The monoisotopic (exact) mass is 582 g/mol. The maximum absolute atomic E-state index is 13.0. The van der Waals surface area contributed by atoms with Crippen molar-refractivity contribution in [2.75, 3.05) is 20.2 Å². The van der Waals surface area contributed by atoms with E-state index < -0.39 is 11.9 Å². The summed E-state index contributed by atoms with van der Waals surface area (Å²) in [5.41, 5.74) is 4.99. The minimum atomic E-state index is -0.612. The number of ether oxygens (including phenoxy) is 2. The molecule has 3 fully saturated rings. The molecule has 0 radical (unpaired) electrons. The number of nitrogens with zero attached hydrogens (tertiary/aromatic N) is 3. The number of aromatic nitrogens is 1. The van der Waals surface area contributed by atoms with Gasteiger partial charge in [0.1, 0.15) is 17.9 Å². The summed E-state index contributed by atoms with van der Waals surface area (Å²) in [7, 11) is 1.81. The van der Waals surface area contributed by atoms with Crippen LogP contribution in [0, 0.1) is 0 Å². The van der Waals surface area contributed by atoms with Crippen LogP contribution in [0.2, 0.25) is 0 Å². The quantitative estimate of drug-likeness (QED) is 0.414. The van der Waals surface area contributed by atoms with E-state index in [1.54, 1.807) is 11.0 Å². The average molecular weight is 583 g/mol. The molecule has 2 aromatic carbocycles. The molecule has 7 rings (SSSR count). The first-order valence-corrected chi connectivity index (χ1v) is 15.5. The van der Waals surface area contributed by atoms with E-state index in [1.807, 2.05) is 19.2 Å². The van der Waals surface area contributed by atoms with Gasteiger partial charge >= 0.3 is 0 Å². The summed E-state index contributed by atoms with van der Waals surface area (Å²) in [6.07, 6.45) is 6.49. The second kappa shape index (κ2) is 11.7. The molecule has 0 bridgehead atoms. The molecule has 9 heteroatoms. The van der Waals surface area contributed by atoms with Crippen molar-refractivity contribution in [3.8, 4) is 5.75 Å². The molecule has 2 saturated heterocycles. The molecule has 2 atom stereocenters. The summed E-state index contributed by atoms with van der Waals surface area (Å²) in [5.74, 6) is 0.417. The number of piperidine rings is 1. The summed E-state index contributed by atoms with van der Waals surface area (Å²) < 4.78 is 11.9. The lowest BCUT2D eigenvalue weighted by atomic mass is 9.85. The van der Waals surface area contributed by atoms with Crippen LogP contribution >= 0.6 is 0 Å². The summed E-state index contributed by atoms with van der Waals surface area (Å²) in [6, 6.07) is 16.0. The zero-order valence-electron chi connectivity index (χ0n) is 24.6. The predicted octanol–water partition coefficient (Wildman–Crippen LogP) is 4.32. The van der Waals surface area contributed by atoms with Gasteiger partial charge in [-0.25, -0.2) is 0 Å². The molecule has 224 valence electrons. The van der Waals surface area contributed by atoms with Crippen LogP contribution in [0.15, 0.2) is 48.5 Å². The number of carbonyl (C=O) groups excluding carboxylic acids is 3. The third kappa shape index (κ3) is 5.76. The molecular weight excluding hydrogens is 544 g/mol. The maximum atomic E-state index is 13.0. The molecule has 4 aliphatic rings. The van der Waals surface area contributed by atoms with Crippen LogP contribution in [0.3, 0.4) is 0 Å². The van der Waals surface area contributed by atoms with Crippen LogP contribution in [0.1, 0.15) is 78.0 Å². The van der Waals surface area contributed by atoms with E-state index in [0.717, 1.165) is 68.6 Å². The number of carbonyl (C=O) groups is 3. The summed E-state index contributed by atoms with van der Waals surface area (Å²) in [4.78, 5) is 45.9. The summed E-state index contributed by atoms with van der Waals surface area (Å²) in [6.45, 7) is 2.99. The van der Waals surface area contributed by atoms with Crippen LogP contribution in [-0.4, -0.2) is 71.0 Å². The second-order valence-electron chi connectivity index (χ2n) is 12.5. The topological polar surface area (TPSA) is 101 Å². The Labute approximate surface area is 251 Å². The number of benzene rings is 2. The lowest BCUT2D eigenvalue weighted by Crippen LogP contribution is -2.52. The number of likely N-dealkylation sites (tertiary alicyclic amines) is 1. The van der Waals surface area contributed by atoms with E-state index in [4.69, 9.17) is 14.5 Å². The standard InChI is InChI=1S/C34H38N4O5/c1-42-25-6-3-22(4-7-25)29-11-5-23-16-21(2-10-30(23)35-29)18-37-15-14-27(20-37)43-26-8-9-28-24(17-26)19-38(34(28)41)31-12-13-32(39)36-33(31)40/h2,5,8-11,16-17,22,25,27,31H,3-4,6-7,12-15,18-20H2,1H3,(H,36,39,40)/t22-,25-,27-,31?/m0/s1. The number of pyridine rings is 1. The molecule has 1 saturated carbocycles. The Balaban J connectivity index is 0.945. The number of rotatable bonds is 7. The molecular formula is C34H38N4O5. The van der Waals surface area contributed by atoms with Gasteiger partial charge in [0.2, 0.25) is 11.8 Å². The molecule has 1 aliphatic carbocycles. The molecule has 1 unspecified atom stereocenters. The van der Waals surface area contributed by atoms with Gasteiger partial charge in [-0.15, -0.1) is 0 Å². The molecule has 3 aromatic rings. The predicted molar refractivity (Wildman–Crippen MR) is 161 cm³/mol. The van der Waals surface area contributed by atoms with Crippen LogP contribution in [0.5, 0.6) is 5.75 Å². The van der Waals surface area contributed by atoms with Crippen molar-refractivity contribution in [2.45, 2.75) is 82.2 Å². The van der Waals surface area contributed by atoms with Gasteiger partial charge in [0.05, 0.1) is 11.6 Å². The Morgan fingerprint density at radius 2 is 1.79 bits per heavy atom. The highest BCUT2D eigenvalue weighted by molar-refractivity contribution is 6.05. The fourth-order valence-electron chi connectivity index (χ4n) is 7.22. The Bertz CT molecular complexity index is 1570. The van der Waals surface area contributed by atoms with Gasteiger partial charge in [0.25, 0.3) is 5.91 Å². The zero-order chi connectivity index (χ0) is 29.5. The molecule has 43 heavy (non-hydrogen) atoms. The first-order chi connectivity index (χ1) is 20.9. The minimum absolute atomic E-state index is 0.0688. The Kier molecular flexibility index (Phi) is 7.61. The van der Waals surface area contributed by atoms with E-state index in [1.165, 1.54) is 16.6 Å². The maximum Gasteiger partial charge on any atom is 0.255 e. The van der Waals surface area contributed by atoms with E-state index in [-0.39, 0.29) is 24.3 Å². The molecule has 9 nitrogen and oxygen atoms in total. The highest BCUT2D eigenvalue weighted by Crippen LogP contribution is 2.34. The normalized spacial score (nSPS) is 26.2. The highest BCUT2D eigenvalue weighted by Gasteiger charge is 2.39. The van der Waals surface area contributed by atoms with Gasteiger partial charge in [0.15, 0.2) is 0 Å². The van der Waals surface area contributed by atoms with Crippen molar-refractivity contribution in [1.29, 1.82) is 0 Å². The van der Waals surface area contributed by atoms with Gasteiger partial charge in [-0.05, 0) is 86.1 Å². The number of imide groups is 1. The first-order valence-electron chi connectivity index (χ1n) is 15.5. The van der Waals surface area contributed by atoms with Crippen LogP contribution < -0.4 is 10.1 Å². The largest absolute Gasteiger partial charge is 0.489 e. The van der Waals surface area contributed by atoms with E-state index in [9.17, 15) is 14.4 Å². The number of fused-ring (bicyclic) bond motifs is 2. The van der Waals surface area contributed by atoms with Crippen molar-refractivity contribution in [2.24, 2.45) is 0 Å². The van der Waals surface area contributed by atoms with Gasteiger partial charge in [-0.2, -0.15) is 0 Å². The molecule has 3 amide bonds. The number of hydrogen-bond acceptors (Lipinski definition) is 7. The van der Waals surface area contributed by atoms with Gasteiger partial charge in [-0.3, -0.25) is 29.6 Å². The summed E-state index contributed by atoms with van der Waals surface area (Å²) in [5, 5.41) is 3.53. The van der Waals surface area contributed by atoms with Gasteiger partial charge in [0, 0.05) is 62.3 Å².